The highest BCUT2D eigenvalue weighted by atomic mass is 79.9. The lowest BCUT2D eigenvalue weighted by Crippen LogP contribution is -2.25. The first kappa shape index (κ1) is 11.8. The minimum Gasteiger partial charge on any atom is -0.396 e. The molecule has 0 aliphatic rings. The van der Waals surface area contributed by atoms with E-state index < -0.39 is 0 Å². The number of nitrogen functional groups attached to an aromatic ring is 1. The molecule has 0 fully saturated rings. The van der Waals surface area contributed by atoms with E-state index in [0.29, 0.717) is 23.3 Å². The molecule has 3 N–H and O–H groups in total. The molecule has 0 atom stereocenters. The van der Waals surface area contributed by atoms with Crippen LogP contribution in [0.2, 0.25) is 0 Å². The fourth-order valence-corrected chi connectivity index (χ4v) is 1.18. The van der Waals surface area contributed by atoms with E-state index in [1.54, 1.807) is 10.9 Å². The lowest BCUT2D eigenvalue weighted by molar-refractivity contribution is 0.0953. The molecule has 0 radical (unpaired) electrons. The van der Waals surface area contributed by atoms with Crippen LogP contribution in [-0.2, 0) is 6.54 Å². The average molecular weight is 273 g/mol. The topological polar surface area (TPSA) is 72.9 Å². The van der Waals surface area contributed by atoms with Crippen LogP contribution in [0.25, 0.3) is 0 Å². The maximum absolute atomic E-state index is 11.6. The Morgan fingerprint density at radius 3 is 2.93 bits per heavy atom. The summed E-state index contributed by atoms with van der Waals surface area (Å²) in [4.78, 5) is 11.6. The van der Waals surface area contributed by atoms with Gasteiger partial charge in [-0.25, -0.2) is 0 Å². The molecule has 0 aromatic carbocycles. The molecule has 1 heterocycles. The summed E-state index contributed by atoms with van der Waals surface area (Å²) in [6.45, 7) is 6.58. The van der Waals surface area contributed by atoms with Crippen molar-refractivity contribution in [3.05, 3.63) is 23.0 Å². The van der Waals surface area contributed by atoms with Crippen LogP contribution in [0.5, 0.6) is 0 Å². The molecule has 15 heavy (non-hydrogen) atoms. The molecular weight excluding hydrogens is 260 g/mol. The SMILES string of the molecule is C=C(Br)CNC(=O)c1nn(CC)cc1N. The van der Waals surface area contributed by atoms with Crippen LogP contribution in [0.4, 0.5) is 5.69 Å². The molecule has 0 saturated heterocycles. The Bertz CT molecular complexity index is 385. The molecule has 0 spiro atoms. The van der Waals surface area contributed by atoms with Gasteiger partial charge in [-0.1, -0.05) is 22.5 Å². The number of carbonyl (C=O) groups is 1. The highest BCUT2D eigenvalue weighted by Crippen LogP contribution is 2.09. The third kappa shape index (κ3) is 3.09. The molecule has 1 aromatic rings. The van der Waals surface area contributed by atoms with E-state index in [2.05, 4.69) is 32.9 Å². The normalized spacial score (nSPS) is 10.0. The van der Waals surface area contributed by atoms with Gasteiger partial charge in [0, 0.05) is 23.8 Å². The van der Waals surface area contributed by atoms with Gasteiger partial charge in [-0.2, -0.15) is 5.10 Å². The Balaban J connectivity index is 2.72. The van der Waals surface area contributed by atoms with E-state index in [0.717, 1.165) is 0 Å². The number of nitrogens with one attached hydrogen (secondary N) is 1. The van der Waals surface area contributed by atoms with E-state index in [1.807, 2.05) is 6.92 Å². The molecule has 0 unspecified atom stereocenters. The second-order valence-corrected chi connectivity index (χ2v) is 4.11. The molecule has 82 valence electrons. The summed E-state index contributed by atoms with van der Waals surface area (Å²) >= 11 is 3.15. The molecule has 0 saturated carbocycles. The number of anilines is 1. The number of rotatable bonds is 4. The first-order valence-electron chi connectivity index (χ1n) is 4.49. The summed E-state index contributed by atoms with van der Waals surface area (Å²) in [6, 6.07) is 0. The van der Waals surface area contributed by atoms with Crippen molar-refractivity contribution in [2.45, 2.75) is 13.5 Å². The van der Waals surface area contributed by atoms with Crippen LogP contribution in [0.15, 0.2) is 17.3 Å². The average Bonchev–Trinajstić information content (AvgIpc) is 2.56. The second-order valence-electron chi connectivity index (χ2n) is 2.99. The number of nitrogens with two attached hydrogens (primary N) is 1. The highest BCUT2D eigenvalue weighted by Gasteiger charge is 2.13. The van der Waals surface area contributed by atoms with Crippen molar-refractivity contribution in [1.82, 2.24) is 15.1 Å². The van der Waals surface area contributed by atoms with E-state index in [1.165, 1.54) is 0 Å². The molecule has 1 rings (SSSR count). The fourth-order valence-electron chi connectivity index (χ4n) is 1.04. The van der Waals surface area contributed by atoms with Crippen molar-refractivity contribution >= 4 is 27.5 Å². The standard InChI is InChI=1S/C9H13BrN4O/c1-3-14-5-7(11)8(13-14)9(15)12-4-6(2)10/h5H,2-4,11H2,1H3,(H,12,15). The van der Waals surface area contributed by atoms with Gasteiger partial charge in [0.2, 0.25) is 0 Å². The van der Waals surface area contributed by atoms with Gasteiger partial charge in [0.15, 0.2) is 5.69 Å². The lowest BCUT2D eigenvalue weighted by Gasteiger charge is -2.01. The second kappa shape index (κ2) is 4.97. The van der Waals surface area contributed by atoms with Gasteiger partial charge < -0.3 is 11.1 Å². The quantitative estimate of drug-likeness (QED) is 0.863. The minimum absolute atomic E-state index is 0.255. The predicted molar refractivity (Wildman–Crippen MR) is 62.7 cm³/mol. The zero-order valence-corrected chi connectivity index (χ0v) is 10.0. The Hall–Kier alpha value is -1.30. The molecule has 0 bridgehead atoms. The first-order valence-corrected chi connectivity index (χ1v) is 5.28. The van der Waals surface area contributed by atoms with Crippen molar-refractivity contribution < 1.29 is 4.79 Å². The maximum Gasteiger partial charge on any atom is 0.274 e. The summed E-state index contributed by atoms with van der Waals surface area (Å²) in [7, 11) is 0. The molecule has 1 amide bonds. The zero-order chi connectivity index (χ0) is 11.4. The number of nitrogens with zero attached hydrogens (tertiary/aromatic N) is 2. The van der Waals surface area contributed by atoms with Crippen molar-refractivity contribution in [3.63, 3.8) is 0 Å². The van der Waals surface area contributed by atoms with Gasteiger partial charge in [0.1, 0.15) is 0 Å². The van der Waals surface area contributed by atoms with Crippen LogP contribution in [0.3, 0.4) is 0 Å². The summed E-state index contributed by atoms with van der Waals surface area (Å²) in [5.41, 5.74) is 6.28. The Labute approximate surface area is 96.5 Å². The number of hydrogen-bond acceptors (Lipinski definition) is 3. The smallest absolute Gasteiger partial charge is 0.274 e. The van der Waals surface area contributed by atoms with Crippen molar-refractivity contribution in [2.24, 2.45) is 0 Å². The zero-order valence-electron chi connectivity index (χ0n) is 8.46. The molecule has 0 aliphatic heterocycles. The third-order valence-corrected chi connectivity index (χ3v) is 2.05. The van der Waals surface area contributed by atoms with Gasteiger partial charge in [-0.3, -0.25) is 9.48 Å². The van der Waals surface area contributed by atoms with E-state index in [-0.39, 0.29) is 11.6 Å². The highest BCUT2D eigenvalue weighted by molar-refractivity contribution is 9.11. The van der Waals surface area contributed by atoms with Crippen LogP contribution in [0, 0.1) is 0 Å². The fraction of sp³-hybridized carbons (Fsp3) is 0.333. The summed E-state index contributed by atoms with van der Waals surface area (Å²) in [5.74, 6) is -0.291. The van der Waals surface area contributed by atoms with Gasteiger partial charge >= 0.3 is 0 Å². The van der Waals surface area contributed by atoms with E-state index in [4.69, 9.17) is 5.73 Å². The van der Waals surface area contributed by atoms with Gasteiger partial charge in [-0.15, -0.1) is 0 Å². The molecule has 1 aromatic heterocycles. The van der Waals surface area contributed by atoms with Crippen LogP contribution in [0.1, 0.15) is 17.4 Å². The Morgan fingerprint density at radius 1 is 1.80 bits per heavy atom. The van der Waals surface area contributed by atoms with E-state index >= 15 is 0 Å². The minimum atomic E-state index is -0.291. The number of aromatic nitrogens is 2. The van der Waals surface area contributed by atoms with Gasteiger partial charge in [0.25, 0.3) is 5.91 Å². The number of aryl methyl sites for hydroxylation is 1. The first-order chi connectivity index (χ1) is 7.04. The molecule has 5 nitrogen and oxygen atoms in total. The van der Waals surface area contributed by atoms with Crippen LogP contribution in [-0.4, -0.2) is 22.2 Å². The predicted octanol–water partition coefficient (Wildman–Crippen LogP) is 1.12. The van der Waals surface area contributed by atoms with Crippen molar-refractivity contribution in [2.75, 3.05) is 12.3 Å². The largest absolute Gasteiger partial charge is 0.396 e. The van der Waals surface area contributed by atoms with Gasteiger partial charge in [-0.05, 0) is 6.92 Å². The molecular formula is C9H13BrN4O. The molecule has 6 heteroatoms. The number of amides is 1. The van der Waals surface area contributed by atoms with Crippen molar-refractivity contribution in [1.29, 1.82) is 0 Å². The number of halogens is 1. The van der Waals surface area contributed by atoms with Crippen molar-refractivity contribution in [3.8, 4) is 0 Å². The van der Waals surface area contributed by atoms with Crippen LogP contribution < -0.4 is 11.1 Å². The van der Waals surface area contributed by atoms with Crippen LogP contribution >= 0.6 is 15.9 Å². The summed E-state index contributed by atoms with van der Waals surface area (Å²) in [5, 5.41) is 6.68. The van der Waals surface area contributed by atoms with Gasteiger partial charge in [0.05, 0.1) is 5.69 Å². The van der Waals surface area contributed by atoms with E-state index in [9.17, 15) is 4.79 Å². The molecule has 0 aliphatic carbocycles. The number of carbonyl (C=O) groups excluding carboxylic acids is 1. The third-order valence-electron chi connectivity index (χ3n) is 1.77. The number of hydrogen-bond donors (Lipinski definition) is 2. The summed E-state index contributed by atoms with van der Waals surface area (Å²) < 4.78 is 2.32. The lowest BCUT2D eigenvalue weighted by atomic mass is 10.3. The Morgan fingerprint density at radius 2 is 2.47 bits per heavy atom. The Kier molecular flexibility index (Phi) is 3.90. The monoisotopic (exact) mass is 272 g/mol. The maximum atomic E-state index is 11.6. The summed E-state index contributed by atoms with van der Waals surface area (Å²) in [6.07, 6.45) is 1.64.